The lowest BCUT2D eigenvalue weighted by molar-refractivity contribution is -0.158. The Balaban J connectivity index is 0.000000172. The molecule has 3 fully saturated rings. The minimum absolute atomic E-state index is 0.00626. The molecule has 3 aromatic heterocycles. The van der Waals surface area contributed by atoms with Gasteiger partial charge in [0.2, 0.25) is 0 Å². The Morgan fingerprint density at radius 3 is 2.32 bits per heavy atom. The number of cyclic esters (lactones) is 1. The Morgan fingerprint density at radius 1 is 0.945 bits per heavy atom. The van der Waals surface area contributed by atoms with E-state index in [4.69, 9.17) is 20.2 Å². The quantitative estimate of drug-likeness (QED) is 0.110. The number of esters is 1. The SMILES string of the molecule is CC.CC(C)c1cc(-c2n[nH]c(=O)n2-c2ccc(CN3CCC4(CC3)CN(C(=O)C3(OC(N)=O)CC3)C4)cc2)c(O)cc1O.Cc1c(F)cc2nc3c(c4c2c1CCC4)Cn1c-3cc2c(c1=O)COC(=O)C2O. The number of carbonyl (C=O) groups excluding carboxylic acids is 3. The van der Waals surface area contributed by atoms with Gasteiger partial charge in [-0.05, 0) is 110 Å². The topological polar surface area (TPSA) is 248 Å². The lowest BCUT2D eigenvalue weighted by Gasteiger charge is -2.54. The molecule has 6 aliphatic rings. The van der Waals surface area contributed by atoms with Crippen LogP contribution < -0.4 is 17.0 Å². The standard InChI is InChI=1S/C30H36N6O6.C22H17FN2O4.C2H6/c1-18(2)21-13-22(24(38)14-23(21)37)25-32-33-28(41)36(25)20-5-3-19(4-6-20)15-34-11-9-29(10-12-34)16-35(17-29)26(39)30(7-8-30)42-27(31)40;1-9-10-3-2-4-11-13-7-25-17(19(13)24-16(18(10)11)6-15(9)23)5-12-14(21(25)27)8-29-22(28)20(12)26;1-2/h3-6,13-14,18,37-38H,7-12,15-17H2,1-2H3,(H2,31,40)(H,33,41);5-6,20,26H,2-4,7-8H2,1H3;1-2H3. The van der Waals surface area contributed by atoms with Crippen LogP contribution in [0.5, 0.6) is 11.5 Å². The number of hydrogen-bond donors (Lipinski definition) is 5. The van der Waals surface area contributed by atoms with Crippen molar-refractivity contribution in [1.82, 2.24) is 34.1 Å². The van der Waals surface area contributed by atoms with Crippen molar-refractivity contribution in [2.24, 2.45) is 11.1 Å². The molecule has 1 saturated carbocycles. The van der Waals surface area contributed by atoms with Crippen molar-refractivity contribution >= 4 is 28.9 Å². The molecule has 1 atom stereocenters. The number of H-pyrrole nitrogens is 1. The predicted octanol–water partition coefficient (Wildman–Crippen LogP) is 6.29. The zero-order valence-electron chi connectivity index (χ0n) is 41.5. The number of carbonyl (C=O) groups is 3. The molecular formula is C54H59FN8O10. The third kappa shape index (κ3) is 8.50. The summed E-state index contributed by atoms with van der Waals surface area (Å²) in [4.78, 5) is 70.5. The number of pyridine rings is 2. The largest absolute Gasteiger partial charge is 0.508 e. The number of aliphatic hydroxyl groups is 1. The van der Waals surface area contributed by atoms with Crippen molar-refractivity contribution in [2.45, 2.75) is 117 Å². The van der Waals surface area contributed by atoms with Gasteiger partial charge < -0.3 is 40.0 Å². The number of aliphatic hydroxyl groups excluding tert-OH is 1. The van der Waals surface area contributed by atoms with Gasteiger partial charge in [-0.2, -0.15) is 5.10 Å². The number of amides is 2. The number of halogens is 1. The second kappa shape index (κ2) is 18.6. The summed E-state index contributed by atoms with van der Waals surface area (Å²) in [7, 11) is 0. The number of hydrogen-bond acceptors (Lipinski definition) is 13. The summed E-state index contributed by atoms with van der Waals surface area (Å²) in [6.07, 6.45) is 3.28. The van der Waals surface area contributed by atoms with Gasteiger partial charge >= 0.3 is 17.8 Å². The maximum atomic E-state index is 14.5. The fraction of sp³-hybridized carbons (Fsp3) is 0.426. The summed E-state index contributed by atoms with van der Waals surface area (Å²) >= 11 is 0. The van der Waals surface area contributed by atoms with E-state index in [0.29, 0.717) is 77.3 Å². The molecule has 3 aromatic carbocycles. The number of phenolic OH excluding ortho intramolecular Hbond substituents is 2. The highest BCUT2D eigenvalue weighted by Crippen LogP contribution is 2.48. The smallest absolute Gasteiger partial charge is 0.405 e. The number of likely N-dealkylation sites (tertiary alicyclic amines) is 2. The van der Waals surface area contributed by atoms with Crippen LogP contribution in [0.1, 0.15) is 116 Å². The van der Waals surface area contributed by atoms with E-state index in [1.54, 1.807) is 28.5 Å². The van der Waals surface area contributed by atoms with Crippen LogP contribution in [-0.4, -0.2) is 99.2 Å². The van der Waals surface area contributed by atoms with Crippen LogP contribution >= 0.6 is 0 Å². The lowest BCUT2D eigenvalue weighted by Crippen LogP contribution is -2.64. The van der Waals surface area contributed by atoms with Gasteiger partial charge in [-0.1, -0.05) is 39.8 Å². The second-order valence-electron chi connectivity index (χ2n) is 20.3. The number of piperidine rings is 1. The molecule has 1 spiro atoms. The average Bonchev–Trinajstić information content (AvgIpc) is 3.89. The van der Waals surface area contributed by atoms with Crippen molar-refractivity contribution in [3.05, 3.63) is 120 Å². The molecule has 7 heterocycles. The number of primary amides is 1. The van der Waals surface area contributed by atoms with E-state index in [-0.39, 0.29) is 58.1 Å². The Kier molecular flexibility index (Phi) is 12.5. The minimum atomic E-state index is -1.48. The summed E-state index contributed by atoms with van der Waals surface area (Å²) in [5, 5.41) is 38.7. The highest BCUT2D eigenvalue weighted by Gasteiger charge is 2.59. The van der Waals surface area contributed by atoms with Crippen LogP contribution in [0.15, 0.2) is 58.1 Å². The van der Waals surface area contributed by atoms with Gasteiger partial charge in [-0.3, -0.25) is 14.5 Å². The second-order valence-corrected chi connectivity index (χ2v) is 20.3. The van der Waals surface area contributed by atoms with E-state index >= 15 is 0 Å². The van der Waals surface area contributed by atoms with Gasteiger partial charge in [0, 0.05) is 66.5 Å². The Hall–Kier alpha value is -7.38. The molecule has 6 N–H and O–H groups in total. The van der Waals surface area contributed by atoms with Crippen LogP contribution in [0, 0.1) is 18.2 Å². The number of nitrogens with zero attached hydrogens (tertiary/aromatic N) is 6. The molecule has 18 nitrogen and oxygen atoms in total. The van der Waals surface area contributed by atoms with Crippen LogP contribution in [0.3, 0.4) is 0 Å². The first kappa shape index (κ1) is 49.2. The predicted molar refractivity (Wildman–Crippen MR) is 267 cm³/mol. The zero-order chi connectivity index (χ0) is 51.8. The summed E-state index contributed by atoms with van der Waals surface area (Å²) in [6, 6.07) is 13.8. The van der Waals surface area contributed by atoms with Crippen LogP contribution in [0.4, 0.5) is 9.18 Å². The van der Waals surface area contributed by atoms with Crippen molar-refractivity contribution in [3.63, 3.8) is 0 Å². The number of nitrogens with two attached hydrogens (primary N) is 1. The van der Waals surface area contributed by atoms with Crippen LogP contribution in [-0.2, 0) is 51.6 Å². The third-order valence-corrected chi connectivity index (χ3v) is 15.5. The molecule has 19 heteroatoms. The molecule has 2 aliphatic carbocycles. The number of benzene rings is 3. The Labute approximate surface area is 419 Å². The molecule has 382 valence electrons. The minimum Gasteiger partial charge on any atom is -0.508 e. The fourth-order valence-corrected chi connectivity index (χ4v) is 11.4. The van der Waals surface area contributed by atoms with Gasteiger partial charge in [0.15, 0.2) is 17.5 Å². The zero-order valence-corrected chi connectivity index (χ0v) is 41.5. The Bertz CT molecular complexity index is 3360. The number of nitrogens with one attached hydrogen (secondary N) is 1. The van der Waals surface area contributed by atoms with Crippen LogP contribution in [0.2, 0.25) is 0 Å². The van der Waals surface area contributed by atoms with E-state index < -0.39 is 29.5 Å². The van der Waals surface area contributed by atoms with Crippen molar-refractivity contribution in [2.75, 3.05) is 26.2 Å². The molecule has 4 aliphatic heterocycles. The molecule has 12 rings (SSSR count). The van der Waals surface area contributed by atoms with Crippen molar-refractivity contribution in [3.8, 4) is 40.0 Å². The van der Waals surface area contributed by atoms with E-state index in [2.05, 4.69) is 15.1 Å². The summed E-state index contributed by atoms with van der Waals surface area (Å²) in [5.74, 6) is -1.05. The molecule has 0 bridgehead atoms. The normalized spacial score (nSPS) is 18.6. The van der Waals surface area contributed by atoms with Crippen molar-refractivity contribution in [1.29, 1.82) is 0 Å². The third-order valence-electron chi connectivity index (χ3n) is 15.5. The molecule has 0 radical (unpaired) electrons. The average molecular weight is 999 g/mol. The van der Waals surface area contributed by atoms with E-state index in [1.807, 2.05) is 52.0 Å². The molecule has 1 unspecified atom stereocenters. The monoisotopic (exact) mass is 998 g/mol. The van der Waals surface area contributed by atoms with Gasteiger partial charge in [0.1, 0.15) is 23.9 Å². The van der Waals surface area contributed by atoms with E-state index in [1.165, 1.54) is 16.7 Å². The highest BCUT2D eigenvalue weighted by molar-refractivity contribution is 5.93. The van der Waals surface area contributed by atoms with E-state index in [9.17, 15) is 43.7 Å². The van der Waals surface area contributed by atoms with Gasteiger partial charge in [0.25, 0.3) is 11.5 Å². The number of fused-ring (bicyclic) bond motifs is 5. The summed E-state index contributed by atoms with van der Waals surface area (Å²) < 4.78 is 27.6. The molecule has 2 saturated heterocycles. The number of ether oxygens (including phenoxy) is 2. The number of aromatic hydroxyl groups is 2. The number of aromatic amines is 1. The summed E-state index contributed by atoms with van der Waals surface area (Å²) in [5.41, 5.74) is 12.4. The van der Waals surface area contributed by atoms with E-state index in [0.717, 1.165) is 79.4 Å². The maximum absolute atomic E-state index is 14.5. The van der Waals surface area contributed by atoms with Crippen LogP contribution in [0.25, 0.3) is 39.4 Å². The van der Waals surface area contributed by atoms with Gasteiger partial charge in [0.05, 0.1) is 40.3 Å². The number of phenols is 2. The number of aromatic nitrogens is 5. The molecular weight excluding hydrogens is 940 g/mol. The first-order valence-corrected chi connectivity index (χ1v) is 25.0. The summed E-state index contributed by atoms with van der Waals surface area (Å²) in [6.45, 7) is 13.9. The first-order chi connectivity index (χ1) is 34.9. The maximum Gasteiger partial charge on any atom is 0.405 e. The number of aryl methyl sites for hydroxylation is 2. The van der Waals surface area contributed by atoms with Gasteiger partial charge in [-0.15, -0.1) is 0 Å². The van der Waals surface area contributed by atoms with Crippen molar-refractivity contribution < 1.29 is 43.6 Å². The van der Waals surface area contributed by atoms with Gasteiger partial charge in [-0.25, -0.2) is 33.4 Å². The molecule has 2 amide bonds. The highest BCUT2D eigenvalue weighted by atomic mass is 19.1. The Morgan fingerprint density at radius 2 is 1.64 bits per heavy atom. The fourth-order valence-electron chi connectivity index (χ4n) is 11.4. The molecule has 73 heavy (non-hydrogen) atoms. The number of rotatable bonds is 7. The molecule has 6 aromatic rings. The first-order valence-electron chi connectivity index (χ1n) is 25.0. The lowest BCUT2D eigenvalue weighted by atomic mass is 9.71.